The highest BCUT2D eigenvalue weighted by Gasteiger charge is 2.07. The van der Waals surface area contributed by atoms with Crippen LogP contribution in [0.2, 0.25) is 0 Å². The van der Waals surface area contributed by atoms with Gasteiger partial charge >= 0.3 is 0 Å². The molecule has 0 aliphatic rings. The van der Waals surface area contributed by atoms with Crippen LogP contribution in [0.3, 0.4) is 0 Å². The molecule has 2 heterocycles. The molecule has 1 amide bonds. The van der Waals surface area contributed by atoms with Gasteiger partial charge in [0.1, 0.15) is 11.3 Å². The van der Waals surface area contributed by atoms with Gasteiger partial charge in [-0.05, 0) is 54.6 Å². The standard InChI is InChI=1S/C20H14N2O3/c23-19(12-11-16-4-3-13-24-16)21-15-9-7-14(8-10-15)20-22-17-5-1-2-6-18(17)25-20/h1-13H,(H,21,23)/b12-11+. The number of furan rings is 1. The first kappa shape index (κ1) is 15.0. The van der Waals surface area contributed by atoms with Crippen molar-refractivity contribution < 1.29 is 13.6 Å². The fraction of sp³-hybridized carbons (Fsp3) is 0. The summed E-state index contributed by atoms with van der Waals surface area (Å²) >= 11 is 0. The predicted octanol–water partition coefficient (Wildman–Crippen LogP) is 4.74. The van der Waals surface area contributed by atoms with E-state index in [1.807, 2.05) is 48.5 Å². The number of amides is 1. The first-order valence-corrected chi connectivity index (χ1v) is 7.76. The van der Waals surface area contributed by atoms with Gasteiger partial charge in [0.25, 0.3) is 0 Å². The fourth-order valence-corrected chi connectivity index (χ4v) is 2.42. The Morgan fingerprint density at radius 2 is 1.84 bits per heavy atom. The van der Waals surface area contributed by atoms with Crippen molar-refractivity contribution in [1.29, 1.82) is 0 Å². The zero-order valence-corrected chi connectivity index (χ0v) is 13.2. The minimum Gasteiger partial charge on any atom is -0.465 e. The third kappa shape index (κ3) is 3.35. The Balaban J connectivity index is 1.47. The average Bonchev–Trinajstić information content (AvgIpc) is 3.30. The van der Waals surface area contributed by atoms with Crippen LogP contribution in [-0.4, -0.2) is 10.9 Å². The molecule has 5 heteroatoms. The summed E-state index contributed by atoms with van der Waals surface area (Å²) in [5, 5.41) is 2.79. The summed E-state index contributed by atoms with van der Waals surface area (Å²) in [4.78, 5) is 16.4. The second-order valence-corrected chi connectivity index (χ2v) is 5.40. The van der Waals surface area contributed by atoms with Crippen molar-refractivity contribution in [2.24, 2.45) is 0 Å². The molecule has 122 valence electrons. The van der Waals surface area contributed by atoms with Crippen LogP contribution in [0.15, 0.2) is 81.8 Å². The van der Waals surface area contributed by atoms with E-state index >= 15 is 0 Å². The number of rotatable bonds is 4. The molecule has 4 rings (SSSR count). The second kappa shape index (κ2) is 6.49. The summed E-state index contributed by atoms with van der Waals surface area (Å²) in [7, 11) is 0. The molecular formula is C20H14N2O3. The largest absolute Gasteiger partial charge is 0.465 e. The number of hydrogen-bond acceptors (Lipinski definition) is 4. The van der Waals surface area contributed by atoms with Crippen LogP contribution in [0.4, 0.5) is 5.69 Å². The van der Waals surface area contributed by atoms with Gasteiger partial charge in [0, 0.05) is 17.3 Å². The van der Waals surface area contributed by atoms with E-state index in [1.54, 1.807) is 24.5 Å². The van der Waals surface area contributed by atoms with Crippen molar-refractivity contribution >= 4 is 28.8 Å². The van der Waals surface area contributed by atoms with E-state index in [4.69, 9.17) is 8.83 Å². The highest BCUT2D eigenvalue weighted by molar-refractivity contribution is 6.01. The first-order valence-electron chi connectivity index (χ1n) is 7.76. The zero-order valence-electron chi connectivity index (χ0n) is 13.2. The van der Waals surface area contributed by atoms with Gasteiger partial charge in [-0.15, -0.1) is 0 Å². The number of nitrogens with zero attached hydrogens (tertiary/aromatic N) is 1. The Morgan fingerprint density at radius 1 is 1.00 bits per heavy atom. The van der Waals surface area contributed by atoms with Gasteiger partial charge in [-0.1, -0.05) is 12.1 Å². The molecule has 0 aliphatic carbocycles. The van der Waals surface area contributed by atoms with E-state index in [9.17, 15) is 4.79 Å². The van der Waals surface area contributed by atoms with Gasteiger partial charge in [0.05, 0.1) is 6.26 Å². The number of anilines is 1. The Labute approximate surface area is 143 Å². The normalized spacial score (nSPS) is 11.2. The Morgan fingerprint density at radius 3 is 2.60 bits per heavy atom. The molecule has 0 saturated heterocycles. The lowest BCUT2D eigenvalue weighted by Crippen LogP contribution is -2.07. The number of fused-ring (bicyclic) bond motifs is 1. The third-order valence-electron chi connectivity index (χ3n) is 3.64. The van der Waals surface area contributed by atoms with Crippen molar-refractivity contribution in [3.05, 3.63) is 78.8 Å². The molecule has 1 N–H and O–H groups in total. The van der Waals surface area contributed by atoms with Gasteiger partial charge in [-0.3, -0.25) is 4.79 Å². The van der Waals surface area contributed by atoms with Crippen LogP contribution in [-0.2, 0) is 4.79 Å². The molecule has 0 saturated carbocycles. The summed E-state index contributed by atoms with van der Waals surface area (Å²) in [6, 6.07) is 18.5. The Hall–Kier alpha value is -3.60. The molecule has 4 aromatic rings. The van der Waals surface area contributed by atoms with Crippen LogP contribution < -0.4 is 5.32 Å². The molecule has 0 radical (unpaired) electrons. The highest BCUT2D eigenvalue weighted by Crippen LogP contribution is 2.25. The smallest absolute Gasteiger partial charge is 0.248 e. The molecular weight excluding hydrogens is 316 g/mol. The summed E-state index contributed by atoms with van der Waals surface area (Å²) in [5.41, 5.74) is 3.10. The summed E-state index contributed by atoms with van der Waals surface area (Å²) < 4.78 is 10.9. The van der Waals surface area contributed by atoms with Crippen LogP contribution >= 0.6 is 0 Å². The van der Waals surface area contributed by atoms with Crippen molar-refractivity contribution in [3.8, 4) is 11.5 Å². The molecule has 0 spiro atoms. The highest BCUT2D eigenvalue weighted by atomic mass is 16.3. The van der Waals surface area contributed by atoms with Crippen molar-refractivity contribution in [2.45, 2.75) is 0 Å². The van der Waals surface area contributed by atoms with Crippen LogP contribution in [0.1, 0.15) is 5.76 Å². The van der Waals surface area contributed by atoms with E-state index in [2.05, 4.69) is 10.3 Å². The molecule has 0 atom stereocenters. The van der Waals surface area contributed by atoms with E-state index in [1.165, 1.54) is 6.08 Å². The first-order chi connectivity index (χ1) is 12.3. The minimum atomic E-state index is -0.231. The summed E-state index contributed by atoms with van der Waals surface area (Å²) in [6.07, 6.45) is 4.60. The van der Waals surface area contributed by atoms with Crippen molar-refractivity contribution in [1.82, 2.24) is 4.98 Å². The van der Waals surface area contributed by atoms with Gasteiger partial charge in [0.15, 0.2) is 5.58 Å². The number of hydrogen-bond donors (Lipinski definition) is 1. The van der Waals surface area contributed by atoms with Crippen molar-refractivity contribution in [2.75, 3.05) is 5.32 Å². The van der Waals surface area contributed by atoms with E-state index in [0.717, 1.165) is 16.7 Å². The number of para-hydroxylation sites is 2. The quantitative estimate of drug-likeness (QED) is 0.549. The van der Waals surface area contributed by atoms with Crippen molar-refractivity contribution in [3.63, 3.8) is 0 Å². The average molecular weight is 330 g/mol. The van der Waals surface area contributed by atoms with E-state index in [-0.39, 0.29) is 5.91 Å². The molecule has 5 nitrogen and oxygen atoms in total. The van der Waals surface area contributed by atoms with E-state index in [0.29, 0.717) is 17.3 Å². The predicted molar refractivity (Wildman–Crippen MR) is 95.8 cm³/mol. The Bertz CT molecular complexity index is 995. The zero-order chi connectivity index (χ0) is 17.1. The lowest BCUT2D eigenvalue weighted by atomic mass is 10.2. The Kier molecular flexibility index (Phi) is 3.88. The van der Waals surface area contributed by atoms with Gasteiger partial charge in [-0.2, -0.15) is 0 Å². The molecule has 0 bridgehead atoms. The molecule has 0 unspecified atom stereocenters. The number of carbonyl (C=O) groups excluding carboxylic acids is 1. The van der Waals surface area contributed by atoms with E-state index < -0.39 is 0 Å². The van der Waals surface area contributed by atoms with Gasteiger partial charge in [0.2, 0.25) is 11.8 Å². The van der Waals surface area contributed by atoms with Crippen LogP contribution in [0.5, 0.6) is 0 Å². The van der Waals surface area contributed by atoms with Crippen LogP contribution in [0.25, 0.3) is 28.6 Å². The SMILES string of the molecule is O=C(/C=C/c1ccco1)Nc1ccc(-c2nc3ccccc3o2)cc1. The number of carbonyl (C=O) groups is 1. The monoisotopic (exact) mass is 330 g/mol. The number of oxazole rings is 1. The molecule has 0 fully saturated rings. The molecule has 2 aromatic heterocycles. The van der Waals surface area contributed by atoms with Crippen LogP contribution in [0, 0.1) is 0 Å². The maximum atomic E-state index is 11.9. The maximum Gasteiger partial charge on any atom is 0.248 e. The minimum absolute atomic E-state index is 0.231. The summed E-state index contributed by atoms with van der Waals surface area (Å²) in [5.74, 6) is 0.948. The fourth-order valence-electron chi connectivity index (χ4n) is 2.42. The molecule has 25 heavy (non-hydrogen) atoms. The number of aromatic nitrogens is 1. The van der Waals surface area contributed by atoms with Gasteiger partial charge < -0.3 is 14.2 Å². The topological polar surface area (TPSA) is 68.3 Å². The number of benzene rings is 2. The van der Waals surface area contributed by atoms with Gasteiger partial charge in [-0.25, -0.2) is 4.98 Å². The third-order valence-corrected chi connectivity index (χ3v) is 3.64. The second-order valence-electron chi connectivity index (χ2n) is 5.40. The molecule has 0 aliphatic heterocycles. The summed E-state index contributed by atoms with van der Waals surface area (Å²) in [6.45, 7) is 0. The lowest BCUT2D eigenvalue weighted by molar-refractivity contribution is -0.111. The maximum absolute atomic E-state index is 11.9. The lowest BCUT2D eigenvalue weighted by Gasteiger charge is -2.02. The number of nitrogens with one attached hydrogen (secondary N) is 1. The molecule has 2 aromatic carbocycles.